The number of β-amino-alcohol motifs (C(OH)–C–C–N with tert-alkyl or cyclic N) is 1. The molecule has 122 valence electrons. The fourth-order valence-electron chi connectivity index (χ4n) is 3.34. The minimum absolute atomic E-state index is 0.162. The second-order valence-electron chi connectivity index (χ2n) is 6.74. The molecule has 2 heterocycles. The van der Waals surface area contributed by atoms with Gasteiger partial charge in [0.1, 0.15) is 0 Å². The first-order valence-electron chi connectivity index (χ1n) is 8.01. The average Bonchev–Trinajstić information content (AvgIpc) is 2.81. The van der Waals surface area contributed by atoms with Gasteiger partial charge in [0, 0.05) is 39.3 Å². The number of carbonyl (C=O) groups excluding carboxylic acids is 1. The molecule has 0 aliphatic carbocycles. The van der Waals surface area contributed by atoms with Crippen LogP contribution in [-0.4, -0.2) is 109 Å². The zero-order valence-corrected chi connectivity index (χ0v) is 13.7. The van der Waals surface area contributed by atoms with Gasteiger partial charge in [-0.25, -0.2) is 0 Å². The Morgan fingerprint density at radius 1 is 1.14 bits per heavy atom. The molecule has 1 amide bonds. The Balaban J connectivity index is 1.77. The number of aliphatic hydroxyl groups is 1. The Labute approximate surface area is 128 Å². The van der Waals surface area contributed by atoms with Crippen molar-refractivity contribution in [3.8, 4) is 0 Å². The van der Waals surface area contributed by atoms with Crippen LogP contribution in [0, 0.1) is 0 Å². The van der Waals surface area contributed by atoms with Gasteiger partial charge in [0.25, 0.3) is 0 Å². The summed E-state index contributed by atoms with van der Waals surface area (Å²) in [6.45, 7) is 9.56. The lowest BCUT2D eigenvalue weighted by Gasteiger charge is -2.34. The third-order valence-corrected chi connectivity index (χ3v) is 4.57. The van der Waals surface area contributed by atoms with Crippen molar-refractivity contribution in [3.05, 3.63) is 0 Å². The van der Waals surface area contributed by atoms with E-state index in [4.69, 9.17) is 0 Å². The molecule has 0 spiro atoms. The second-order valence-corrected chi connectivity index (χ2v) is 6.74. The number of likely N-dealkylation sites (tertiary alicyclic amines) is 1. The van der Waals surface area contributed by atoms with Crippen LogP contribution in [0.15, 0.2) is 0 Å². The number of amides is 1. The van der Waals surface area contributed by atoms with Crippen molar-refractivity contribution >= 4 is 5.91 Å². The molecule has 0 aromatic heterocycles. The fourth-order valence-corrected chi connectivity index (χ4v) is 3.34. The monoisotopic (exact) mass is 298 g/mol. The molecule has 0 aromatic carbocycles. The minimum atomic E-state index is -0.736. The number of hydrogen-bond acceptors (Lipinski definition) is 5. The lowest BCUT2D eigenvalue weighted by atomic mass is 10.0. The van der Waals surface area contributed by atoms with Gasteiger partial charge in [-0.15, -0.1) is 0 Å². The highest BCUT2D eigenvalue weighted by Gasteiger charge is 2.38. The smallest absolute Gasteiger partial charge is 0.236 e. The highest BCUT2D eigenvalue weighted by Crippen LogP contribution is 2.22. The number of carbonyl (C=O) groups is 1. The maximum Gasteiger partial charge on any atom is 0.236 e. The van der Waals surface area contributed by atoms with E-state index in [2.05, 4.69) is 16.7 Å². The molecule has 6 nitrogen and oxygen atoms in total. The number of hydrogen-bond donors (Lipinski definition) is 1. The predicted molar refractivity (Wildman–Crippen MR) is 83.3 cm³/mol. The van der Waals surface area contributed by atoms with Gasteiger partial charge in [0.15, 0.2) is 0 Å². The molecule has 0 aromatic rings. The Morgan fingerprint density at radius 3 is 2.33 bits per heavy atom. The summed E-state index contributed by atoms with van der Waals surface area (Å²) < 4.78 is 0. The summed E-state index contributed by atoms with van der Waals surface area (Å²) in [5.74, 6) is 0.162. The van der Waals surface area contributed by atoms with E-state index < -0.39 is 5.60 Å². The molecule has 1 atom stereocenters. The molecule has 2 saturated heterocycles. The van der Waals surface area contributed by atoms with Crippen molar-refractivity contribution in [1.29, 1.82) is 0 Å². The van der Waals surface area contributed by atoms with Crippen molar-refractivity contribution in [2.24, 2.45) is 0 Å². The molecule has 1 N–H and O–H groups in total. The van der Waals surface area contributed by atoms with Crippen molar-refractivity contribution in [1.82, 2.24) is 19.6 Å². The highest BCUT2D eigenvalue weighted by molar-refractivity contribution is 5.78. The van der Waals surface area contributed by atoms with Crippen LogP contribution in [0.1, 0.15) is 13.3 Å². The summed E-state index contributed by atoms with van der Waals surface area (Å²) in [7, 11) is 3.91. The van der Waals surface area contributed by atoms with Gasteiger partial charge in [-0.3, -0.25) is 9.69 Å². The average molecular weight is 298 g/mol. The van der Waals surface area contributed by atoms with Gasteiger partial charge in [0.05, 0.1) is 18.7 Å². The standard InChI is InChI=1S/C15H30N4O2/c1-4-17-7-9-18(10-8-17)11-14(20)19-6-5-15(21,13-19)12-16(2)3/h21H,4-13H2,1-3H3/t15-/m0/s1. The van der Waals surface area contributed by atoms with Gasteiger partial charge in [-0.05, 0) is 27.1 Å². The van der Waals surface area contributed by atoms with Gasteiger partial charge in [-0.1, -0.05) is 6.92 Å². The van der Waals surface area contributed by atoms with Crippen LogP contribution in [0.5, 0.6) is 0 Å². The summed E-state index contributed by atoms with van der Waals surface area (Å²) in [5.41, 5.74) is -0.736. The summed E-state index contributed by atoms with van der Waals surface area (Å²) in [6.07, 6.45) is 0.681. The zero-order chi connectivity index (χ0) is 15.5. The van der Waals surface area contributed by atoms with Crippen LogP contribution in [0.2, 0.25) is 0 Å². The minimum Gasteiger partial charge on any atom is -0.387 e. The molecule has 0 unspecified atom stereocenters. The van der Waals surface area contributed by atoms with Crippen molar-refractivity contribution < 1.29 is 9.90 Å². The Kier molecular flexibility index (Phi) is 5.60. The first-order valence-corrected chi connectivity index (χ1v) is 8.01. The van der Waals surface area contributed by atoms with Crippen LogP contribution < -0.4 is 0 Å². The number of nitrogens with zero attached hydrogens (tertiary/aromatic N) is 4. The van der Waals surface area contributed by atoms with E-state index in [0.29, 0.717) is 32.6 Å². The van der Waals surface area contributed by atoms with E-state index in [1.165, 1.54) is 0 Å². The zero-order valence-electron chi connectivity index (χ0n) is 13.7. The lowest BCUT2D eigenvalue weighted by Crippen LogP contribution is -2.50. The van der Waals surface area contributed by atoms with Crippen molar-refractivity contribution in [2.45, 2.75) is 18.9 Å². The predicted octanol–water partition coefficient (Wildman–Crippen LogP) is -0.851. The highest BCUT2D eigenvalue weighted by atomic mass is 16.3. The molecule has 2 aliphatic heterocycles. The largest absolute Gasteiger partial charge is 0.387 e. The molecule has 0 radical (unpaired) electrons. The summed E-state index contributed by atoms with van der Waals surface area (Å²) in [6, 6.07) is 0. The molecule has 0 saturated carbocycles. The first-order chi connectivity index (χ1) is 9.92. The number of likely N-dealkylation sites (N-methyl/N-ethyl adjacent to an activating group) is 2. The van der Waals surface area contributed by atoms with E-state index in [-0.39, 0.29) is 5.91 Å². The Morgan fingerprint density at radius 2 is 1.76 bits per heavy atom. The quantitative estimate of drug-likeness (QED) is 0.716. The topological polar surface area (TPSA) is 50.3 Å². The van der Waals surface area contributed by atoms with Gasteiger partial charge >= 0.3 is 0 Å². The second kappa shape index (κ2) is 7.05. The molecule has 2 rings (SSSR count). The van der Waals surface area contributed by atoms with E-state index >= 15 is 0 Å². The first kappa shape index (κ1) is 16.7. The van der Waals surface area contributed by atoms with E-state index in [0.717, 1.165) is 32.7 Å². The van der Waals surface area contributed by atoms with Crippen molar-refractivity contribution in [3.63, 3.8) is 0 Å². The van der Waals surface area contributed by atoms with Crippen LogP contribution in [0.4, 0.5) is 0 Å². The SMILES string of the molecule is CCN1CCN(CC(=O)N2CC[C@](O)(CN(C)C)C2)CC1. The van der Waals surface area contributed by atoms with Gasteiger partial charge < -0.3 is 19.8 Å². The third-order valence-electron chi connectivity index (χ3n) is 4.57. The van der Waals surface area contributed by atoms with E-state index in [1.54, 1.807) is 0 Å². The van der Waals surface area contributed by atoms with Crippen LogP contribution in [-0.2, 0) is 4.79 Å². The Hall–Kier alpha value is -0.690. The number of rotatable bonds is 5. The maximum absolute atomic E-state index is 12.4. The molecule has 2 fully saturated rings. The molecule has 21 heavy (non-hydrogen) atoms. The molecular weight excluding hydrogens is 268 g/mol. The van der Waals surface area contributed by atoms with Crippen molar-refractivity contribution in [2.75, 3.05) is 73.0 Å². The lowest BCUT2D eigenvalue weighted by molar-refractivity contribution is -0.132. The van der Waals surface area contributed by atoms with Crippen LogP contribution in [0.25, 0.3) is 0 Å². The van der Waals surface area contributed by atoms with Gasteiger partial charge in [0.2, 0.25) is 5.91 Å². The molecule has 6 heteroatoms. The third kappa shape index (κ3) is 4.64. The van der Waals surface area contributed by atoms with E-state index in [9.17, 15) is 9.90 Å². The summed E-state index contributed by atoms with van der Waals surface area (Å²) >= 11 is 0. The van der Waals surface area contributed by atoms with E-state index in [1.807, 2.05) is 23.9 Å². The maximum atomic E-state index is 12.4. The molecule has 2 aliphatic rings. The summed E-state index contributed by atoms with van der Waals surface area (Å²) in [5, 5.41) is 10.5. The van der Waals surface area contributed by atoms with Gasteiger partial charge in [-0.2, -0.15) is 0 Å². The Bertz CT molecular complexity index is 356. The molecule has 0 bridgehead atoms. The normalized spacial score (nSPS) is 28.5. The van der Waals surface area contributed by atoms with Crippen LogP contribution in [0.3, 0.4) is 0 Å². The summed E-state index contributed by atoms with van der Waals surface area (Å²) in [4.78, 5) is 20.8. The molecular formula is C15H30N4O2. The fraction of sp³-hybridized carbons (Fsp3) is 0.933. The number of piperazine rings is 1. The van der Waals surface area contributed by atoms with Crippen LogP contribution >= 0.6 is 0 Å².